The number of fused-ring (bicyclic) bond motifs is 1. The zero-order chi connectivity index (χ0) is 20.4. The Morgan fingerprint density at radius 2 is 1.86 bits per heavy atom. The second-order valence-corrected chi connectivity index (χ2v) is 6.87. The largest absolute Gasteiger partial charge is 0.480 e. The molecule has 2 heterocycles. The van der Waals surface area contributed by atoms with Crippen LogP contribution < -0.4 is 5.32 Å². The highest BCUT2D eigenvalue weighted by atomic mass is 19.1. The topological polar surface area (TPSA) is 87.5 Å². The molecule has 0 saturated heterocycles. The van der Waals surface area contributed by atoms with Gasteiger partial charge in [0.25, 0.3) is 0 Å². The smallest absolute Gasteiger partial charge is 0.326 e. The number of anilines is 1. The first-order valence-electron chi connectivity index (χ1n) is 9.14. The summed E-state index contributed by atoms with van der Waals surface area (Å²) >= 11 is 0. The number of carbonyl (C=O) groups excluding carboxylic acids is 1. The Balaban J connectivity index is 1.56. The molecule has 1 aromatic heterocycles. The highest BCUT2D eigenvalue weighted by molar-refractivity contribution is 5.92. The molecule has 29 heavy (non-hydrogen) atoms. The molecule has 0 fully saturated rings. The number of halogens is 1. The van der Waals surface area contributed by atoms with Gasteiger partial charge in [-0.1, -0.05) is 30.3 Å². The first kappa shape index (κ1) is 18.7. The predicted molar refractivity (Wildman–Crippen MR) is 104 cm³/mol. The van der Waals surface area contributed by atoms with Crippen LogP contribution in [0.1, 0.15) is 17.0 Å². The molecule has 148 valence electrons. The number of carbonyl (C=O) groups is 2. The summed E-state index contributed by atoms with van der Waals surface area (Å²) < 4.78 is 15.0. The SMILES string of the molecule is O=C(O)C1Cc2c(ncn2Cc2ccccc2)CN1C(=O)Nc1ccc(F)cc1. The molecule has 2 amide bonds. The van der Waals surface area contributed by atoms with Gasteiger partial charge < -0.3 is 19.9 Å². The molecular weight excluding hydrogens is 375 g/mol. The van der Waals surface area contributed by atoms with Crippen molar-refractivity contribution in [2.24, 2.45) is 0 Å². The number of carboxylic acids is 1. The Morgan fingerprint density at radius 1 is 1.14 bits per heavy atom. The maximum atomic E-state index is 13.1. The lowest BCUT2D eigenvalue weighted by Gasteiger charge is -2.33. The van der Waals surface area contributed by atoms with Crippen molar-refractivity contribution < 1.29 is 19.1 Å². The van der Waals surface area contributed by atoms with Gasteiger partial charge in [0, 0.05) is 24.3 Å². The summed E-state index contributed by atoms with van der Waals surface area (Å²) in [7, 11) is 0. The van der Waals surface area contributed by atoms with Gasteiger partial charge in [-0.25, -0.2) is 19.0 Å². The fourth-order valence-corrected chi connectivity index (χ4v) is 3.46. The van der Waals surface area contributed by atoms with E-state index in [1.807, 2.05) is 34.9 Å². The van der Waals surface area contributed by atoms with Crippen molar-refractivity contribution in [3.05, 3.63) is 83.7 Å². The average molecular weight is 394 g/mol. The number of nitrogens with one attached hydrogen (secondary N) is 1. The van der Waals surface area contributed by atoms with E-state index in [2.05, 4.69) is 10.3 Å². The highest BCUT2D eigenvalue weighted by Gasteiger charge is 2.37. The minimum absolute atomic E-state index is 0.0844. The van der Waals surface area contributed by atoms with E-state index in [9.17, 15) is 19.1 Å². The summed E-state index contributed by atoms with van der Waals surface area (Å²) in [6.45, 7) is 0.665. The van der Waals surface area contributed by atoms with E-state index in [0.717, 1.165) is 11.3 Å². The van der Waals surface area contributed by atoms with Crippen molar-refractivity contribution in [2.45, 2.75) is 25.6 Å². The van der Waals surface area contributed by atoms with Gasteiger partial charge in [0.2, 0.25) is 0 Å². The minimum Gasteiger partial charge on any atom is -0.480 e. The van der Waals surface area contributed by atoms with E-state index in [0.29, 0.717) is 17.9 Å². The summed E-state index contributed by atoms with van der Waals surface area (Å²) in [6, 6.07) is 13.5. The van der Waals surface area contributed by atoms with E-state index in [-0.39, 0.29) is 13.0 Å². The maximum absolute atomic E-state index is 13.1. The molecule has 8 heteroatoms. The van der Waals surface area contributed by atoms with Crippen LogP contribution in [0.2, 0.25) is 0 Å². The van der Waals surface area contributed by atoms with Crippen LogP contribution in [0.3, 0.4) is 0 Å². The molecule has 1 atom stereocenters. The van der Waals surface area contributed by atoms with Crippen molar-refractivity contribution in [2.75, 3.05) is 5.32 Å². The molecule has 0 radical (unpaired) electrons. The molecule has 0 bridgehead atoms. The average Bonchev–Trinajstić information content (AvgIpc) is 3.11. The lowest BCUT2D eigenvalue weighted by molar-refractivity contribution is -0.142. The van der Waals surface area contributed by atoms with Gasteiger partial charge in [0.05, 0.1) is 18.6 Å². The first-order chi connectivity index (χ1) is 14.0. The summed E-state index contributed by atoms with van der Waals surface area (Å²) in [5, 5.41) is 12.3. The lowest BCUT2D eigenvalue weighted by Crippen LogP contribution is -2.50. The third-order valence-electron chi connectivity index (χ3n) is 4.95. The second-order valence-electron chi connectivity index (χ2n) is 6.87. The molecule has 0 saturated carbocycles. The summed E-state index contributed by atoms with van der Waals surface area (Å²) in [6.07, 6.45) is 1.84. The van der Waals surface area contributed by atoms with E-state index in [1.54, 1.807) is 6.33 Å². The summed E-state index contributed by atoms with van der Waals surface area (Å²) in [4.78, 5) is 30.2. The zero-order valence-electron chi connectivity index (χ0n) is 15.5. The van der Waals surface area contributed by atoms with Crippen molar-refractivity contribution in [1.29, 1.82) is 0 Å². The highest BCUT2D eigenvalue weighted by Crippen LogP contribution is 2.25. The first-order valence-corrected chi connectivity index (χ1v) is 9.14. The Labute approximate surface area is 166 Å². The van der Waals surface area contributed by atoms with E-state index in [4.69, 9.17) is 0 Å². The molecule has 2 N–H and O–H groups in total. The number of benzene rings is 2. The Hall–Kier alpha value is -3.68. The van der Waals surface area contributed by atoms with Crippen molar-refractivity contribution in [1.82, 2.24) is 14.5 Å². The van der Waals surface area contributed by atoms with E-state index in [1.165, 1.54) is 29.2 Å². The van der Waals surface area contributed by atoms with Crippen molar-refractivity contribution >= 4 is 17.7 Å². The number of hydrogen-bond acceptors (Lipinski definition) is 3. The van der Waals surface area contributed by atoms with E-state index < -0.39 is 23.9 Å². The lowest BCUT2D eigenvalue weighted by atomic mass is 10.0. The standard InChI is InChI=1S/C21H19FN4O3/c22-15-6-8-16(9-7-15)24-21(29)26-12-17-18(10-19(26)20(27)28)25(13-23-17)11-14-4-2-1-3-5-14/h1-9,13,19H,10-12H2,(H,24,29)(H,27,28). The number of imidazole rings is 1. The van der Waals surface area contributed by atoms with Crippen LogP contribution in [0.15, 0.2) is 60.9 Å². The monoisotopic (exact) mass is 394 g/mol. The molecule has 1 aliphatic heterocycles. The van der Waals surface area contributed by atoms with Gasteiger partial charge in [-0.2, -0.15) is 0 Å². The van der Waals surface area contributed by atoms with Gasteiger partial charge in [-0.3, -0.25) is 0 Å². The van der Waals surface area contributed by atoms with Crippen LogP contribution in [0.25, 0.3) is 0 Å². The van der Waals surface area contributed by atoms with Gasteiger partial charge in [-0.15, -0.1) is 0 Å². The zero-order valence-corrected chi connectivity index (χ0v) is 15.5. The van der Waals surface area contributed by atoms with Crippen LogP contribution in [-0.2, 0) is 24.3 Å². The van der Waals surface area contributed by atoms with Crippen molar-refractivity contribution in [3.63, 3.8) is 0 Å². The number of amides is 2. The molecule has 0 spiro atoms. The van der Waals surface area contributed by atoms with Crippen molar-refractivity contribution in [3.8, 4) is 0 Å². The molecule has 1 aliphatic rings. The number of nitrogens with zero attached hydrogens (tertiary/aromatic N) is 3. The van der Waals surface area contributed by atoms with Gasteiger partial charge in [-0.05, 0) is 29.8 Å². The molecule has 0 aliphatic carbocycles. The molecule has 2 aromatic carbocycles. The van der Waals surface area contributed by atoms with Gasteiger partial charge in [0.15, 0.2) is 0 Å². The molecule has 7 nitrogen and oxygen atoms in total. The predicted octanol–water partition coefficient (Wildman–Crippen LogP) is 3.11. The number of carboxylic acid groups (broad SMARTS) is 1. The Bertz CT molecular complexity index is 1030. The minimum atomic E-state index is -1.09. The normalized spacial score (nSPS) is 15.6. The number of hydrogen-bond donors (Lipinski definition) is 2. The van der Waals surface area contributed by atoms with Gasteiger partial charge in [0.1, 0.15) is 11.9 Å². The number of aromatic nitrogens is 2. The number of aliphatic carboxylic acids is 1. The van der Waals surface area contributed by atoms with Gasteiger partial charge >= 0.3 is 12.0 Å². The third kappa shape index (κ3) is 3.96. The fourth-order valence-electron chi connectivity index (χ4n) is 3.46. The maximum Gasteiger partial charge on any atom is 0.326 e. The Morgan fingerprint density at radius 3 is 2.55 bits per heavy atom. The Kier molecular flexibility index (Phi) is 4.99. The van der Waals surface area contributed by atoms with Crippen LogP contribution >= 0.6 is 0 Å². The van der Waals surface area contributed by atoms with Crippen LogP contribution in [0, 0.1) is 5.82 Å². The molecule has 3 aromatic rings. The summed E-state index contributed by atoms with van der Waals surface area (Å²) in [5.41, 5.74) is 2.96. The quantitative estimate of drug-likeness (QED) is 0.712. The molecule has 4 rings (SSSR count). The van der Waals surface area contributed by atoms with E-state index >= 15 is 0 Å². The fraction of sp³-hybridized carbons (Fsp3) is 0.190. The summed E-state index contributed by atoms with van der Waals surface area (Å²) in [5.74, 6) is -1.50. The van der Waals surface area contributed by atoms with Crippen LogP contribution in [0.5, 0.6) is 0 Å². The van der Waals surface area contributed by atoms with Crippen LogP contribution in [-0.4, -0.2) is 37.6 Å². The number of rotatable bonds is 4. The molecule has 1 unspecified atom stereocenters. The third-order valence-corrected chi connectivity index (χ3v) is 4.95. The second kappa shape index (κ2) is 7.75. The van der Waals surface area contributed by atoms with Crippen LogP contribution in [0.4, 0.5) is 14.9 Å². The number of urea groups is 1. The molecular formula is C21H19FN4O3.